The van der Waals surface area contributed by atoms with Crippen LogP contribution in [-0.4, -0.2) is 50.8 Å². The van der Waals surface area contributed by atoms with Crippen LogP contribution in [0.25, 0.3) is 0 Å². The monoisotopic (exact) mass is 455 g/mol. The standard InChI is InChI=1S/C16H14F5N3O5S/c1-28-15(25)13-14(23-7-6-22-13)24(8-12(17)18)30(26,27)9-10-4-2-3-5-11(10)29-16(19,20)21/h2-7,12H,8-9H2,1H3. The molecule has 0 aliphatic carbocycles. The van der Waals surface area contributed by atoms with E-state index in [2.05, 4.69) is 19.4 Å². The van der Waals surface area contributed by atoms with Gasteiger partial charge in [0.25, 0.3) is 6.43 Å². The zero-order valence-corrected chi connectivity index (χ0v) is 16.0. The maximum atomic E-state index is 13.1. The van der Waals surface area contributed by atoms with Gasteiger partial charge in [0, 0.05) is 18.0 Å². The predicted molar refractivity (Wildman–Crippen MR) is 92.5 cm³/mol. The summed E-state index contributed by atoms with van der Waals surface area (Å²) in [4.78, 5) is 19.1. The number of para-hydroxylation sites is 1. The number of nitrogens with zero attached hydrogens (tertiary/aromatic N) is 3. The van der Waals surface area contributed by atoms with E-state index < -0.39 is 63.9 Å². The van der Waals surface area contributed by atoms with Crippen LogP contribution in [-0.2, 0) is 20.5 Å². The van der Waals surface area contributed by atoms with Crippen molar-refractivity contribution < 1.29 is 44.6 Å². The quantitative estimate of drug-likeness (QED) is 0.446. The van der Waals surface area contributed by atoms with Gasteiger partial charge in [-0.3, -0.25) is 0 Å². The Hall–Kier alpha value is -3.03. The molecule has 0 spiro atoms. The second kappa shape index (κ2) is 9.19. The predicted octanol–water partition coefficient (Wildman–Crippen LogP) is 2.76. The van der Waals surface area contributed by atoms with Gasteiger partial charge in [-0.2, -0.15) is 0 Å². The van der Waals surface area contributed by atoms with E-state index in [1.807, 2.05) is 0 Å². The third-order valence-corrected chi connectivity index (χ3v) is 5.14. The number of rotatable bonds is 8. The number of alkyl halides is 5. The van der Waals surface area contributed by atoms with E-state index in [0.717, 1.165) is 31.6 Å². The van der Waals surface area contributed by atoms with E-state index in [1.165, 1.54) is 12.1 Å². The molecular weight excluding hydrogens is 441 g/mol. The number of carbonyl (C=O) groups is 1. The van der Waals surface area contributed by atoms with Gasteiger partial charge in [0.05, 0.1) is 19.4 Å². The van der Waals surface area contributed by atoms with E-state index in [0.29, 0.717) is 0 Å². The van der Waals surface area contributed by atoms with Crippen molar-refractivity contribution in [3.63, 3.8) is 0 Å². The van der Waals surface area contributed by atoms with Gasteiger partial charge in [-0.15, -0.1) is 13.2 Å². The van der Waals surface area contributed by atoms with Crippen LogP contribution < -0.4 is 9.04 Å². The van der Waals surface area contributed by atoms with Crippen LogP contribution in [0.1, 0.15) is 16.1 Å². The number of esters is 1. The van der Waals surface area contributed by atoms with Gasteiger partial charge in [-0.1, -0.05) is 18.2 Å². The van der Waals surface area contributed by atoms with Crippen molar-refractivity contribution in [2.24, 2.45) is 0 Å². The molecule has 0 atom stereocenters. The Morgan fingerprint density at radius 3 is 2.40 bits per heavy atom. The van der Waals surface area contributed by atoms with Crippen LogP contribution in [0.2, 0.25) is 0 Å². The van der Waals surface area contributed by atoms with Crippen molar-refractivity contribution in [1.82, 2.24) is 9.97 Å². The van der Waals surface area contributed by atoms with E-state index >= 15 is 0 Å². The van der Waals surface area contributed by atoms with E-state index in [9.17, 15) is 35.2 Å². The molecule has 30 heavy (non-hydrogen) atoms. The Morgan fingerprint density at radius 1 is 1.17 bits per heavy atom. The zero-order chi connectivity index (χ0) is 22.5. The van der Waals surface area contributed by atoms with Crippen molar-refractivity contribution in [3.05, 3.63) is 47.9 Å². The van der Waals surface area contributed by atoms with Gasteiger partial charge in [0.15, 0.2) is 11.5 Å². The summed E-state index contributed by atoms with van der Waals surface area (Å²) < 4.78 is 98.0. The van der Waals surface area contributed by atoms with Crippen molar-refractivity contribution >= 4 is 21.8 Å². The van der Waals surface area contributed by atoms with Crippen molar-refractivity contribution in [2.45, 2.75) is 18.5 Å². The SMILES string of the molecule is COC(=O)c1nccnc1N(CC(F)F)S(=O)(=O)Cc1ccccc1OC(F)(F)F. The van der Waals surface area contributed by atoms with Crippen LogP contribution in [0.4, 0.5) is 27.8 Å². The smallest absolute Gasteiger partial charge is 0.464 e. The number of methoxy groups -OCH3 is 1. The molecule has 2 aromatic rings. The normalized spacial score (nSPS) is 12.0. The number of halogens is 5. The summed E-state index contributed by atoms with van der Waals surface area (Å²) in [5.41, 5.74) is -1.11. The molecule has 2 rings (SSSR count). The fraction of sp³-hybridized carbons (Fsp3) is 0.312. The highest BCUT2D eigenvalue weighted by Crippen LogP contribution is 2.30. The first-order chi connectivity index (χ1) is 13.9. The lowest BCUT2D eigenvalue weighted by molar-refractivity contribution is -0.274. The Bertz CT molecular complexity index is 1000. The first-order valence-electron chi connectivity index (χ1n) is 7.96. The number of ether oxygens (including phenoxy) is 2. The molecule has 0 fully saturated rings. The largest absolute Gasteiger partial charge is 0.573 e. The molecule has 0 saturated carbocycles. The van der Waals surface area contributed by atoms with Crippen LogP contribution in [0.5, 0.6) is 5.75 Å². The lowest BCUT2D eigenvalue weighted by atomic mass is 10.2. The summed E-state index contributed by atoms with van der Waals surface area (Å²) in [7, 11) is -3.81. The molecule has 1 aromatic heterocycles. The Balaban J connectivity index is 2.51. The van der Waals surface area contributed by atoms with Crippen molar-refractivity contribution in [2.75, 3.05) is 18.0 Å². The molecule has 0 bridgehead atoms. The molecule has 0 N–H and O–H groups in total. The molecule has 0 aliphatic rings. The van der Waals surface area contributed by atoms with Crippen LogP contribution in [0.3, 0.4) is 0 Å². The summed E-state index contributed by atoms with van der Waals surface area (Å²) in [6.07, 6.45) is -6.34. The lowest BCUT2D eigenvalue weighted by Crippen LogP contribution is -2.38. The topological polar surface area (TPSA) is 98.7 Å². The minimum Gasteiger partial charge on any atom is -0.464 e. The maximum absolute atomic E-state index is 13.1. The average molecular weight is 455 g/mol. The lowest BCUT2D eigenvalue weighted by Gasteiger charge is -2.24. The molecule has 14 heteroatoms. The molecule has 0 saturated heterocycles. The van der Waals surface area contributed by atoms with Gasteiger partial charge >= 0.3 is 12.3 Å². The molecule has 0 aliphatic heterocycles. The third kappa shape index (κ3) is 5.98. The summed E-state index contributed by atoms with van der Waals surface area (Å²) in [6.45, 7) is -1.42. The minimum atomic E-state index is -5.11. The first-order valence-corrected chi connectivity index (χ1v) is 9.57. The first kappa shape index (κ1) is 23.3. The van der Waals surface area contributed by atoms with E-state index in [-0.39, 0.29) is 4.31 Å². The second-order valence-corrected chi connectivity index (χ2v) is 7.45. The van der Waals surface area contributed by atoms with Gasteiger partial charge < -0.3 is 9.47 Å². The minimum absolute atomic E-state index is 0.0985. The van der Waals surface area contributed by atoms with Crippen molar-refractivity contribution in [3.8, 4) is 5.75 Å². The van der Waals surface area contributed by atoms with Crippen LogP contribution in [0, 0.1) is 0 Å². The fourth-order valence-corrected chi connectivity index (χ4v) is 3.86. The van der Waals surface area contributed by atoms with E-state index in [4.69, 9.17) is 0 Å². The Labute approximate surface area is 167 Å². The Kier molecular flexibility index (Phi) is 7.12. The average Bonchev–Trinajstić information content (AvgIpc) is 2.65. The number of sulfonamides is 1. The summed E-state index contributed by atoms with van der Waals surface area (Å²) in [5.74, 6) is -3.87. The van der Waals surface area contributed by atoms with Gasteiger partial charge in [-0.05, 0) is 6.07 Å². The summed E-state index contributed by atoms with van der Waals surface area (Å²) >= 11 is 0. The molecule has 1 heterocycles. The highest BCUT2D eigenvalue weighted by Gasteiger charge is 2.35. The number of hydrogen-bond acceptors (Lipinski definition) is 7. The number of carbonyl (C=O) groups excluding carboxylic acids is 1. The fourth-order valence-electron chi connectivity index (χ4n) is 2.33. The number of anilines is 1. The maximum Gasteiger partial charge on any atom is 0.573 e. The number of benzene rings is 1. The Morgan fingerprint density at radius 2 is 1.80 bits per heavy atom. The molecule has 0 unspecified atom stereocenters. The number of aromatic nitrogens is 2. The van der Waals surface area contributed by atoms with Gasteiger partial charge in [0.2, 0.25) is 10.0 Å². The summed E-state index contributed by atoms with van der Waals surface area (Å²) in [6, 6.07) is 4.31. The molecular formula is C16H14F5N3O5S. The zero-order valence-electron chi connectivity index (χ0n) is 15.1. The third-order valence-electron chi connectivity index (χ3n) is 3.47. The number of hydrogen-bond donors (Lipinski definition) is 0. The van der Waals surface area contributed by atoms with Gasteiger partial charge in [-0.25, -0.2) is 36.3 Å². The molecule has 8 nitrogen and oxygen atoms in total. The van der Waals surface area contributed by atoms with Crippen LogP contribution >= 0.6 is 0 Å². The summed E-state index contributed by atoms with van der Waals surface area (Å²) in [5, 5.41) is 0. The molecule has 0 amide bonds. The molecule has 164 valence electrons. The van der Waals surface area contributed by atoms with Crippen molar-refractivity contribution in [1.29, 1.82) is 0 Å². The van der Waals surface area contributed by atoms with E-state index in [1.54, 1.807) is 0 Å². The molecule has 1 aromatic carbocycles. The van der Waals surface area contributed by atoms with Crippen LogP contribution in [0.15, 0.2) is 36.7 Å². The second-order valence-electron chi connectivity index (χ2n) is 5.55. The van der Waals surface area contributed by atoms with Gasteiger partial charge in [0.1, 0.15) is 5.75 Å². The highest BCUT2D eigenvalue weighted by atomic mass is 32.2. The molecule has 0 radical (unpaired) electrons. The highest BCUT2D eigenvalue weighted by molar-refractivity contribution is 7.92.